The van der Waals surface area contributed by atoms with E-state index in [1.807, 2.05) is 48.7 Å². The molecule has 9 aromatic rings. The molecule has 0 aliphatic rings. The smallest absolute Gasteiger partial charge is 0.144 e. The van der Waals surface area contributed by atoms with Gasteiger partial charge in [-0.3, -0.25) is 4.57 Å². The second-order valence-corrected chi connectivity index (χ2v) is 11.6. The zero-order chi connectivity index (χ0) is 31.3. The van der Waals surface area contributed by atoms with Crippen LogP contribution in [-0.4, -0.2) is 19.6 Å². The van der Waals surface area contributed by atoms with E-state index in [1.54, 1.807) is 6.07 Å². The maximum absolute atomic E-state index is 11.0. The molecule has 0 bridgehead atoms. The number of pyridine rings is 1. The molecule has 0 amide bonds. The van der Waals surface area contributed by atoms with E-state index in [9.17, 15) is 5.11 Å². The van der Waals surface area contributed by atoms with Crippen molar-refractivity contribution in [3.05, 3.63) is 158 Å². The molecule has 6 heteroatoms. The molecule has 6 aromatic carbocycles. The van der Waals surface area contributed by atoms with Crippen LogP contribution in [0.2, 0.25) is 0 Å². The van der Waals surface area contributed by atoms with Crippen molar-refractivity contribution in [1.29, 1.82) is 0 Å². The standard InChI is InChI=1S/C42H27N4O.Pt/c47-38-22-10-18-32-35(28-13-5-2-6-14-28)26-36(44-41(32)38)33-19-9-21-37-40(33)45-42(34-20-8-15-29-23-24-43-39(29)34)46(37)31-17-7-16-30(25-31)27-11-3-1-4-12-27;/h1-26H,(H-,43,44,45,47);/q-1;. The number of imidazole rings is 1. The van der Waals surface area contributed by atoms with Crippen LogP contribution in [-0.2, 0) is 21.1 Å². The first-order valence-corrected chi connectivity index (χ1v) is 15.6. The SMILES string of the molecule is Oc1cccc2c(-c3ccccc3)cc(-c3cccc4c3nc(-c3cccc5cc[n-]c35)n4-c3cccc(-c4ccccc4)c3)nc12.[Pt]. The van der Waals surface area contributed by atoms with Crippen molar-refractivity contribution >= 4 is 32.8 Å². The summed E-state index contributed by atoms with van der Waals surface area (Å²) in [7, 11) is 0. The summed E-state index contributed by atoms with van der Waals surface area (Å²) in [6.07, 6.45) is 1.85. The second kappa shape index (κ2) is 12.1. The van der Waals surface area contributed by atoms with Crippen molar-refractivity contribution in [3.63, 3.8) is 0 Å². The Morgan fingerprint density at radius 2 is 1.25 bits per heavy atom. The Labute approximate surface area is 291 Å². The first-order chi connectivity index (χ1) is 23.2. The third-order valence-corrected chi connectivity index (χ3v) is 8.84. The van der Waals surface area contributed by atoms with E-state index < -0.39 is 0 Å². The van der Waals surface area contributed by atoms with Crippen LogP contribution in [0.25, 0.3) is 83.4 Å². The van der Waals surface area contributed by atoms with Crippen molar-refractivity contribution in [1.82, 2.24) is 19.5 Å². The maximum Gasteiger partial charge on any atom is 0.144 e. The minimum atomic E-state index is 0. The number of aromatic hydroxyl groups is 1. The van der Waals surface area contributed by atoms with Crippen molar-refractivity contribution in [3.8, 4) is 56.3 Å². The molecule has 0 unspecified atom stereocenters. The first kappa shape index (κ1) is 29.6. The summed E-state index contributed by atoms with van der Waals surface area (Å²) in [4.78, 5) is 15.2. The van der Waals surface area contributed by atoms with Gasteiger partial charge in [-0.2, -0.15) is 6.20 Å². The third-order valence-electron chi connectivity index (χ3n) is 8.84. The summed E-state index contributed by atoms with van der Waals surface area (Å²) in [6, 6.07) is 51.4. The number of nitrogens with zero attached hydrogens (tertiary/aromatic N) is 4. The summed E-state index contributed by atoms with van der Waals surface area (Å²) in [5, 5.41) is 12.9. The van der Waals surface area contributed by atoms with Crippen LogP contribution >= 0.6 is 0 Å². The molecule has 1 N–H and O–H groups in total. The minimum absolute atomic E-state index is 0. The molecular formula is C42H27N4OPt-. The summed E-state index contributed by atoms with van der Waals surface area (Å²) >= 11 is 0. The number of aromatic nitrogens is 4. The summed E-state index contributed by atoms with van der Waals surface area (Å²) in [5.41, 5.74) is 11.1. The fourth-order valence-electron chi connectivity index (χ4n) is 6.64. The summed E-state index contributed by atoms with van der Waals surface area (Å²) in [6.45, 7) is 0. The van der Waals surface area contributed by atoms with Gasteiger partial charge in [-0.05, 0) is 58.0 Å². The zero-order valence-electron chi connectivity index (χ0n) is 25.6. The van der Waals surface area contributed by atoms with Crippen molar-refractivity contribution < 1.29 is 26.2 Å². The quantitative estimate of drug-likeness (QED) is 0.188. The molecule has 9 rings (SSSR count). The molecule has 3 heterocycles. The van der Waals surface area contributed by atoms with E-state index in [0.717, 1.165) is 77.9 Å². The summed E-state index contributed by atoms with van der Waals surface area (Å²) < 4.78 is 2.23. The van der Waals surface area contributed by atoms with Gasteiger partial charge in [0.05, 0.1) is 16.7 Å². The maximum atomic E-state index is 11.0. The Hall–Kier alpha value is -5.77. The molecule has 0 fully saturated rings. The molecule has 48 heavy (non-hydrogen) atoms. The van der Waals surface area contributed by atoms with Gasteiger partial charge in [0.25, 0.3) is 0 Å². The molecular weight excluding hydrogens is 772 g/mol. The van der Waals surface area contributed by atoms with E-state index in [-0.39, 0.29) is 26.8 Å². The van der Waals surface area contributed by atoms with Gasteiger partial charge in [0, 0.05) is 43.3 Å². The number of phenols is 1. The molecule has 0 saturated heterocycles. The van der Waals surface area contributed by atoms with Crippen LogP contribution in [0.4, 0.5) is 0 Å². The van der Waals surface area contributed by atoms with E-state index in [2.05, 4.69) is 108 Å². The minimum Gasteiger partial charge on any atom is -0.663 e. The van der Waals surface area contributed by atoms with Gasteiger partial charge < -0.3 is 10.1 Å². The molecule has 0 atom stereocenters. The van der Waals surface area contributed by atoms with E-state index >= 15 is 0 Å². The van der Waals surface area contributed by atoms with Gasteiger partial charge in [-0.15, -0.1) is 5.52 Å². The van der Waals surface area contributed by atoms with Crippen LogP contribution in [0, 0.1) is 0 Å². The molecule has 3 aromatic heterocycles. The molecule has 232 valence electrons. The number of phenolic OH excluding ortho intramolecular Hbond substituents is 1. The molecule has 0 aliphatic heterocycles. The van der Waals surface area contributed by atoms with Crippen LogP contribution in [0.3, 0.4) is 0 Å². The number of benzene rings is 6. The second-order valence-electron chi connectivity index (χ2n) is 11.6. The van der Waals surface area contributed by atoms with Gasteiger partial charge in [0.2, 0.25) is 0 Å². The number of hydrogen-bond donors (Lipinski definition) is 1. The summed E-state index contributed by atoms with van der Waals surface area (Å²) in [5.74, 6) is 0.945. The Kier molecular flexibility index (Phi) is 7.47. The molecule has 5 nitrogen and oxygen atoms in total. The van der Waals surface area contributed by atoms with Crippen LogP contribution in [0.1, 0.15) is 0 Å². The Morgan fingerprint density at radius 3 is 2.08 bits per heavy atom. The first-order valence-electron chi connectivity index (χ1n) is 15.6. The van der Waals surface area contributed by atoms with Crippen LogP contribution in [0.5, 0.6) is 5.75 Å². The molecule has 0 spiro atoms. The largest absolute Gasteiger partial charge is 0.663 e. The van der Waals surface area contributed by atoms with E-state index in [1.165, 1.54) is 0 Å². The molecule has 0 aliphatic carbocycles. The van der Waals surface area contributed by atoms with Gasteiger partial charge >= 0.3 is 0 Å². The molecule has 0 radical (unpaired) electrons. The van der Waals surface area contributed by atoms with Crippen molar-refractivity contribution in [2.45, 2.75) is 0 Å². The van der Waals surface area contributed by atoms with E-state index in [0.29, 0.717) is 5.52 Å². The number of para-hydroxylation sites is 3. The number of fused-ring (bicyclic) bond motifs is 3. The van der Waals surface area contributed by atoms with Gasteiger partial charge in [-0.1, -0.05) is 121 Å². The van der Waals surface area contributed by atoms with Crippen molar-refractivity contribution in [2.24, 2.45) is 0 Å². The van der Waals surface area contributed by atoms with Crippen LogP contribution < -0.4 is 4.98 Å². The topological polar surface area (TPSA) is 65.0 Å². The number of hydrogen-bond acceptors (Lipinski definition) is 3. The van der Waals surface area contributed by atoms with Gasteiger partial charge in [0.15, 0.2) is 0 Å². The number of rotatable bonds is 5. The average Bonchev–Trinajstić information content (AvgIpc) is 3.78. The third kappa shape index (κ3) is 4.92. The monoisotopic (exact) mass is 798 g/mol. The molecule has 0 saturated carbocycles. The zero-order valence-corrected chi connectivity index (χ0v) is 27.8. The average molecular weight is 799 g/mol. The predicted octanol–water partition coefficient (Wildman–Crippen LogP) is 10.1. The normalized spacial score (nSPS) is 11.2. The van der Waals surface area contributed by atoms with E-state index in [4.69, 9.17) is 15.0 Å². The van der Waals surface area contributed by atoms with Gasteiger partial charge in [0.1, 0.15) is 17.1 Å². The Bertz CT molecular complexity index is 2590. The fourth-order valence-corrected chi connectivity index (χ4v) is 6.64. The van der Waals surface area contributed by atoms with Crippen molar-refractivity contribution in [2.75, 3.05) is 0 Å². The Balaban J connectivity index is 0.00000336. The Morgan fingerprint density at radius 1 is 0.542 bits per heavy atom. The van der Waals surface area contributed by atoms with Crippen LogP contribution in [0.15, 0.2) is 158 Å². The predicted molar refractivity (Wildman–Crippen MR) is 191 cm³/mol. The fraction of sp³-hybridized carbons (Fsp3) is 0. The van der Waals surface area contributed by atoms with Gasteiger partial charge in [-0.25, -0.2) is 9.97 Å².